The first-order chi connectivity index (χ1) is 6.41. The SMILES string of the molecule is CNc1nnc(C(F)(F)C(F)F)n1C. The van der Waals surface area contributed by atoms with Gasteiger partial charge in [0, 0.05) is 14.1 Å². The summed E-state index contributed by atoms with van der Waals surface area (Å²) >= 11 is 0. The molecule has 0 saturated heterocycles. The van der Waals surface area contributed by atoms with Crippen molar-refractivity contribution < 1.29 is 17.6 Å². The molecule has 0 aliphatic rings. The van der Waals surface area contributed by atoms with Gasteiger partial charge in [-0.15, -0.1) is 10.2 Å². The summed E-state index contributed by atoms with van der Waals surface area (Å²) in [5, 5.41) is 8.71. The predicted octanol–water partition coefficient (Wildman–Crippen LogP) is 1.21. The van der Waals surface area contributed by atoms with Gasteiger partial charge in [0.2, 0.25) is 11.8 Å². The van der Waals surface area contributed by atoms with E-state index in [2.05, 4.69) is 15.5 Å². The van der Waals surface area contributed by atoms with Crippen LogP contribution in [0.25, 0.3) is 0 Å². The Kier molecular flexibility index (Phi) is 2.63. The van der Waals surface area contributed by atoms with Crippen molar-refractivity contribution in [3.05, 3.63) is 5.82 Å². The minimum Gasteiger partial charge on any atom is -0.357 e. The lowest BCUT2D eigenvalue weighted by molar-refractivity contribution is -0.142. The highest BCUT2D eigenvalue weighted by molar-refractivity contribution is 5.25. The van der Waals surface area contributed by atoms with Crippen LogP contribution in [-0.4, -0.2) is 28.2 Å². The molecule has 8 heteroatoms. The van der Waals surface area contributed by atoms with E-state index in [4.69, 9.17) is 0 Å². The molecule has 0 unspecified atom stereocenters. The van der Waals surface area contributed by atoms with Crippen LogP contribution in [0.5, 0.6) is 0 Å². The highest BCUT2D eigenvalue weighted by Gasteiger charge is 2.47. The van der Waals surface area contributed by atoms with E-state index >= 15 is 0 Å². The van der Waals surface area contributed by atoms with Crippen LogP contribution >= 0.6 is 0 Å². The van der Waals surface area contributed by atoms with Crippen LogP contribution in [0.2, 0.25) is 0 Å². The third-order valence-electron chi connectivity index (χ3n) is 1.67. The van der Waals surface area contributed by atoms with Gasteiger partial charge in [0.1, 0.15) is 0 Å². The zero-order chi connectivity index (χ0) is 10.9. The fourth-order valence-corrected chi connectivity index (χ4v) is 0.935. The van der Waals surface area contributed by atoms with Crippen molar-refractivity contribution in [2.24, 2.45) is 7.05 Å². The molecule has 14 heavy (non-hydrogen) atoms. The second-order valence-corrected chi connectivity index (χ2v) is 2.58. The number of hydrogen-bond acceptors (Lipinski definition) is 3. The van der Waals surface area contributed by atoms with E-state index in [1.807, 2.05) is 0 Å². The van der Waals surface area contributed by atoms with Crippen molar-refractivity contribution in [2.75, 3.05) is 12.4 Å². The molecular weight excluding hydrogens is 204 g/mol. The molecule has 1 rings (SSSR count). The highest BCUT2D eigenvalue weighted by Crippen LogP contribution is 2.33. The molecule has 0 atom stereocenters. The van der Waals surface area contributed by atoms with E-state index in [9.17, 15) is 17.6 Å². The molecule has 0 spiro atoms. The molecule has 1 aromatic rings. The third-order valence-corrected chi connectivity index (χ3v) is 1.67. The van der Waals surface area contributed by atoms with Gasteiger partial charge in [0.25, 0.3) is 0 Å². The van der Waals surface area contributed by atoms with Gasteiger partial charge in [-0.1, -0.05) is 0 Å². The molecule has 0 aliphatic carbocycles. The number of alkyl halides is 4. The number of aromatic nitrogens is 3. The summed E-state index contributed by atoms with van der Waals surface area (Å²) in [5.41, 5.74) is 0. The number of nitrogens with one attached hydrogen (secondary N) is 1. The van der Waals surface area contributed by atoms with Crippen LogP contribution in [0.4, 0.5) is 23.5 Å². The zero-order valence-corrected chi connectivity index (χ0v) is 7.43. The first kappa shape index (κ1) is 10.7. The molecule has 0 aromatic carbocycles. The topological polar surface area (TPSA) is 42.7 Å². The van der Waals surface area contributed by atoms with Crippen LogP contribution in [-0.2, 0) is 13.0 Å². The molecule has 80 valence electrons. The molecule has 0 fully saturated rings. The lowest BCUT2D eigenvalue weighted by Crippen LogP contribution is -2.27. The Hall–Kier alpha value is -1.34. The predicted molar refractivity (Wildman–Crippen MR) is 40.4 cm³/mol. The summed E-state index contributed by atoms with van der Waals surface area (Å²) < 4.78 is 50.2. The lowest BCUT2D eigenvalue weighted by Gasteiger charge is -2.13. The van der Waals surface area contributed by atoms with Crippen LogP contribution < -0.4 is 5.32 Å². The molecule has 1 heterocycles. The molecule has 0 bridgehead atoms. The van der Waals surface area contributed by atoms with Crippen molar-refractivity contribution in [3.8, 4) is 0 Å². The third kappa shape index (κ3) is 1.51. The average Bonchev–Trinajstić information content (AvgIpc) is 2.46. The van der Waals surface area contributed by atoms with Gasteiger partial charge < -0.3 is 5.32 Å². The highest BCUT2D eigenvalue weighted by atomic mass is 19.3. The van der Waals surface area contributed by atoms with Crippen LogP contribution in [0.1, 0.15) is 5.82 Å². The standard InChI is InChI=1S/C6H8F4N4/c1-11-5-13-12-4(14(5)2)6(9,10)3(7)8/h3H,1-2H3,(H,11,13). The van der Waals surface area contributed by atoms with Gasteiger partial charge in [0.15, 0.2) is 0 Å². The van der Waals surface area contributed by atoms with Crippen molar-refractivity contribution in [1.82, 2.24) is 14.8 Å². The quantitative estimate of drug-likeness (QED) is 0.766. The van der Waals surface area contributed by atoms with E-state index in [0.29, 0.717) is 0 Å². The Morgan fingerprint density at radius 3 is 2.29 bits per heavy atom. The van der Waals surface area contributed by atoms with Crippen LogP contribution in [0, 0.1) is 0 Å². The Labute approximate surface area is 76.9 Å². The summed E-state index contributed by atoms with van der Waals surface area (Å²) in [6, 6.07) is 0. The maximum Gasteiger partial charge on any atom is 0.365 e. The van der Waals surface area contributed by atoms with Gasteiger partial charge in [-0.2, -0.15) is 8.78 Å². The van der Waals surface area contributed by atoms with Gasteiger partial charge in [-0.3, -0.25) is 4.57 Å². The summed E-state index contributed by atoms with van der Waals surface area (Å²) in [7, 11) is 2.60. The number of nitrogens with zero attached hydrogens (tertiary/aromatic N) is 3. The maximum atomic E-state index is 12.8. The summed E-state index contributed by atoms with van der Waals surface area (Å²) in [4.78, 5) is 0. The average molecular weight is 212 g/mol. The van der Waals surface area contributed by atoms with Crippen molar-refractivity contribution in [3.63, 3.8) is 0 Å². The Morgan fingerprint density at radius 1 is 1.36 bits per heavy atom. The van der Waals surface area contributed by atoms with E-state index in [1.54, 1.807) is 0 Å². The van der Waals surface area contributed by atoms with Gasteiger partial charge in [-0.25, -0.2) is 8.78 Å². The molecule has 0 radical (unpaired) electrons. The first-order valence-electron chi connectivity index (χ1n) is 3.64. The van der Waals surface area contributed by atoms with Crippen molar-refractivity contribution >= 4 is 5.95 Å². The Bertz CT molecular complexity index is 322. The normalized spacial score (nSPS) is 12.2. The molecular formula is C6H8F4N4. The van der Waals surface area contributed by atoms with Crippen LogP contribution in [0.15, 0.2) is 0 Å². The van der Waals surface area contributed by atoms with Crippen LogP contribution in [0.3, 0.4) is 0 Å². The molecule has 1 aromatic heterocycles. The minimum atomic E-state index is -4.28. The van der Waals surface area contributed by atoms with E-state index < -0.39 is 18.2 Å². The zero-order valence-electron chi connectivity index (χ0n) is 7.43. The minimum absolute atomic E-state index is 0.000301. The second kappa shape index (κ2) is 3.43. The monoisotopic (exact) mass is 212 g/mol. The molecule has 0 amide bonds. The van der Waals surface area contributed by atoms with E-state index in [0.717, 1.165) is 4.57 Å². The summed E-state index contributed by atoms with van der Waals surface area (Å²) in [6.45, 7) is 0. The second-order valence-electron chi connectivity index (χ2n) is 2.58. The maximum absolute atomic E-state index is 12.8. The van der Waals surface area contributed by atoms with E-state index in [-0.39, 0.29) is 5.95 Å². The molecule has 4 nitrogen and oxygen atoms in total. The fraction of sp³-hybridized carbons (Fsp3) is 0.667. The first-order valence-corrected chi connectivity index (χ1v) is 3.64. The lowest BCUT2D eigenvalue weighted by atomic mass is 10.3. The van der Waals surface area contributed by atoms with Gasteiger partial charge in [0.05, 0.1) is 0 Å². The number of anilines is 1. The van der Waals surface area contributed by atoms with Gasteiger partial charge in [-0.05, 0) is 0 Å². The Balaban J connectivity index is 3.13. The summed E-state index contributed by atoms with van der Waals surface area (Å²) in [5.74, 6) is -5.34. The van der Waals surface area contributed by atoms with Gasteiger partial charge >= 0.3 is 12.3 Å². The van der Waals surface area contributed by atoms with E-state index in [1.165, 1.54) is 14.1 Å². The Morgan fingerprint density at radius 2 is 1.93 bits per heavy atom. The molecule has 0 aliphatic heterocycles. The number of rotatable bonds is 3. The largest absolute Gasteiger partial charge is 0.365 e. The number of halogens is 4. The molecule has 1 N–H and O–H groups in total. The number of hydrogen-bond donors (Lipinski definition) is 1. The fourth-order valence-electron chi connectivity index (χ4n) is 0.935. The summed E-state index contributed by atoms with van der Waals surface area (Å²) in [6.07, 6.45) is -3.80. The smallest absolute Gasteiger partial charge is 0.357 e. The van der Waals surface area contributed by atoms with Crippen molar-refractivity contribution in [2.45, 2.75) is 12.3 Å². The van der Waals surface area contributed by atoms with Crippen molar-refractivity contribution in [1.29, 1.82) is 0 Å². The molecule has 0 saturated carbocycles.